The molecule has 2 aromatic rings. The number of anilines is 2. The van der Waals surface area contributed by atoms with E-state index in [-0.39, 0.29) is 10.7 Å². The van der Waals surface area contributed by atoms with Crippen LogP contribution in [0.4, 0.5) is 33.9 Å². The van der Waals surface area contributed by atoms with E-state index in [0.717, 1.165) is 11.0 Å². The van der Waals surface area contributed by atoms with Crippen molar-refractivity contribution < 1.29 is 31.9 Å². The van der Waals surface area contributed by atoms with Crippen LogP contribution in [0.1, 0.15) is 5.56 Å². The molecule has 1 aromatic carbocycles. The molecule has 12 heteroatoms. The molecule has 2 heterocycles. The molecular weight excluding hydrogens is 441 g/mol. The third-order valence-electron chi connectivity index (χ3n) is 4.13. The second kappa shape index (κ2) is 7.68. The topological polar surface area (TPSA) is 62.7 Å². The van der Waals surface area contributed by atoms with Gasteiger partial charge in [-0.2, -0.15) is 13.2 Å². The van der Waals surface area contributed by atoms with Crippen LogP contribution in [0.25, 0.3) is 0 Å². The minimum atomic E-state index is -4.74. The molecule has 0 radical (unpaired) electrons. The number of alkyl halides is 3. The van der Waals surface area contributed by atoms with Gasteiger partial charge >= 0.3 is 12.3 Å². The predicted molar refractivity (Wildman–Crippen MR) is 96.7 cm³/mol. The van der Waals surface area contributed by atoms with Gasteiger partial charge in [0.1, 0.15) is 23.4 Å². The van der Waals surface area contributed by atoms with E-state index >= 15 is 0 Å². The van der Waals surface area contributed by atoms with E-state index in [1.807, 2.05) is 0 Å². The Hall–Kier alpha value is -2.59. The maximum Gasteiger partial charge on any atom is 0.416 e. The number of cyclic esters (lactones) is 1. The summed E-state index contributed by atoms with van der Waals surface area (Å²) in [6.45, 7) is -0.424. The molecule has 0 aliphatic carbocycles. The van der Waals surface area contributed by atoms with E-state index in [1.54, 1.807) is 0 Å². The van der Waals surface area contributed by atoms with Crippen molar-refractivity contribution in [3.8, 4) is 0 Å². The number of pyridine rings is 1. The number of aromatic nitrogens is 1. The van der Waals surface area contributed by atoms with Gasteiger partial charge in [-0.25, -0.2) is 19.1 Å². The fraction of sp³-hybridized carbons (Fsp3) is 0.235. The smallest absolute Gasteiger partial charge is 0.416 e. The number of likely N-dealkylation sites (N-methyl/N-ethyl adjacent to an activating group) is 1. The average molecular weight is 452 g/mol. The van der Waals surface area contributed by atoms with Crippen LogP contribution in [0.5, 0.6) is 0 Å². The molecule has 154 valence electrons. The lowest BCUT2D eigenvalue weighted by Crippen LogP contribution is -2.47. The van der Waals surface area contributed by atoms with E-state index in [9.17, 15) is 27.2 Å². The molecule has 6 nitrogen and oxygen atoms in total. The maximum absolute atomic E-state index is 13.3. The number of amides is 2. The van der Waals surface area contributed by atoms with Crippen LogP contribution < -0.4 is 9.80 Å². The first-order valence-corrected chi connectivity index (χ1v) is 8.68. The fourth-order valence-electron chi connectivity index (χ4n) is 2.67. The summed E-state index contributed by atoms with van der Waals surface area (Å²) in [6, 6.07) is 3.38. The first kappa shape index (κ1) is 21.1. The standard InChI is InChI=1S/C17H11Cl2F4N3O3/c1-25(9-2-3-11(20)10(18)6-9)15(27)12-7-29-16(28)26(12)14-5-8(17(21,22)23)4-13(19)24-14/h2-6,12H,7H2,1H3/t12-/m0/s1. The molecule has 1 aromatic heterocycles. The Morgan fingerprint density at radius 2 is 1.97 bits per heavy atom. The second-order valence-electron chi connectivity index (χ2n) is 5.99. The molecule has 0 spiro atoms. The summed E-state index contributed by atoms with van der Waals surface area (Å²) >= 11 is 11.4. The number of carbonyl (C=O) groups excluding carboxylic acids is 2. The molecule has 0 N–H and O–H groups in total. The number of hydrogen-bond acceptors (Lipinski definition) is 4. The number of rotatable bonds is 3. The Labute approximate surface area is 171 Å². The third-order valence-corrected chi connectivity index (χ3v) is 4.62. The largest absolute Gasteiger partial charge is 0.446 e. The van der Waals surface area contributed by atoms with Crippen molar-refractivity contribution in [2.45, 2.75) is 12.2 Å². The normalized spacial score (nSPS) is 16.7. The van der Waals surface area contributed by atoms with E-state index in [1.165, 1.54) is 19.2 Å². The zero-order valence-corrected chi connectivity index (χ0v) is 16.0. The van der Waals surface area contributed by atoms with Gasteiger partial charge in [0.15, 0.2) is 6.04 Å². The van der Waals surface area contributed by atoms with Gasteiger partial charge in [-0.05, 0) is 30.3 Å². The van der Waals surface area contributed by atoms with Crippen molar-refractivity contribution in [2.75, 3.05) is 23.5 Å². The quantitative estimate of drug-likeness (QED) is 0.507. The van der Waals surface area contributed by atoms with Gasteiger partial charge in [-0.1, -0.05) is 23.2 Å². The molecule has 1 atom stereocenters. The van der Waals surface area contributed by atoms with Gasteiger partial charge in [0.25, 0.3) is 5.91 Å². The highest BCUT2D eigenvalue weighted by molar-refractivity contribution is 6.31. The van der Waals surface area contributed by atoms with Crippen LogP contribution in [0.3, 0.4) is 0 Å². The second-order valence-corrected chi connectivity index (χ2v) is 6.79. The Kier molecular flexibility index (Phi) is 5.59. The highest BCUT2D eigenvalue weighted by atomic mass is 35.5. The van der Waals surface area contributed by atoms with E-state index in [0.29, 0.717) is 17.0 Å². The fourth-order valence-corrected chi connectivity index (χ4v) is 3.05. The van der Waals surface area contributed by atoms with Crippen molar-refractivity contribution in [3.63, 3.8) is 0 Å². The van der Waals surface area contributed by atoms with Crippen molar-refractivity contribution in [3.05, 3.63) is 51.9 Å². The van der Waals surface area contributed by atoms with Gasteiger partial charge < -0.3 is 9.64 Å². The Balaban J connectivity index is 1.95. The molecule has 0 bridgehead atoms. The van der Waals surface area contributed by atoms with Gasteiger partial charge in [0.2, 0.25) is 0 Å². The first-order chi connectivity index (χ1) is 13.5. The Morgan fingerprint density at radius 1 is 1.28 bits per heavy atom. The van der Waals surface area contributed by atoms with Gasteiger partial charge in [-0.15, -0.1) is 0 Å². The minimum Gasteiger partial charge on any atom is -0.446 e. The van der Waals surface area contributed by atoms with E-state index in [2.05, 4.69) is 4.98 Å². The van der Waals surface area contributed by atoms with Crippen molar-refractivity contribution in [2.24, 2.45) is 0 Å². The summed E-state index contributed by atoms with van der Waals surface area (Å²) in [5, 5.41) is -0.747. The summed E-state index contributed by atoms with van der Waals surface area (Å²) in [5.41, 5.74) is -0.937. The van der Waals surface area contributed by atoms with Crippen LogP contribution >= 0.6 is 23.2 Å². The lowest BCUT2D eigenvalue weighted by atomic mass is 10.2. The average Bonchev–Trinajstić information content (AvgIpc) is 3.03. The zero-order valence-electron chi connectivity index (χ0n) is 14.5. The number of hydrogen-bond donors (Lipinski definition) is 0. The van der Waals surface area contributed by atoms with Crippen LogP contribution in [0.15, 0.2) is 30.3 Å². The van der Waals surface area contributed by atoms with Crippen LogP contribution in [0.2, 0.25) is 10.2 Å². The van der Waals surface area contributed by atoms with Crippen molar-refractivity contribution >= 4 is 46.7 Å². The monoisotopic (exact) mass is 451 g/mol. The number of halogens is 6. The summed E-state index contributed by atoms with van der Waals surface area (Å²) in [6.07, 6.45) is -5.80. The van der Waals surface area contributed by atoms with E-state index in [4.69, 9.17) is 27.9 Å². The van der Waals surface area contributed by atoms with Gasteiger partial charge in [0.05, 0.1) is 10.6 Å². The SMILES string of the molecule is CN(C(=O)[C@@H]1COC(=O)N1c1cc(C(F)(F)F)cc(Cl)n1)c1ccc(F)c(Cl)c1. The molecule has 1 saturated heterocycles. The molecule has 0 unspecified atom stereocenters. The van der Waals surface area contributed by atoms with Crippen LogP contribution in [0, 0.1) is 5.82 Å². The molecule has 1 aliphatic heterocycles. The van der Waals surface area contributed by atoms with Crippen LogP contribution in [-0.4, -0.2) is 36.7 Å². The number of benzene rings is 1. The number of carbonyl (C=O) groups is 2. The van der Waals surface area contributed by atoms with Crippen molar-refractivity contribution in [1.29, 1.82) is 0 Å². The first-order valence-electron chi connectivity index (χ1n) is 7.92. The highest BCUT2D eigenvalue weighted by Gasteiger charge is 2.43. The molecule has 2 amide bonds. The zero-order chi connectivity index (χ0) is 21.5. The lowest BCUT2D eigenvalue weighted by Gasteiger charge is -2.25. The maximum atomic E-state index is 13.3. The Morgan fingerprint density at radius 3 is 2.59 bits per heavy atom. The Bertz CT molecular complexity index is 987. The molecule has 0 saturated carbocycles. The van der Waals surface area contributed by atoms with Gasteiger partial charge in [-0.3, -0.25) is 4.79 Å². The van der Waals surface area contributed by atoms with Crippen molar-refractivity contribution in [1.82, 2.24) is 4.98 Å². The summed E-state index contributed by atoms with van der Waals surface area (Å²) in [4.78, 5) is 30.5. The minimum absolute atomic E-state index is 0.204. The molecule has 3 rings (SSSR count). The number of nitrogens with zero attached hydrogens (tertiary/aromatic N) is 3. The predicted octanol–water partition coefficient (Wildman–Crippen LogP) is 4.53. The van der Waals surface area contributed by atoms with Crippen LogP contribution in [-0.2, 0) is 15.7 Å². The molecule has 29 heavy (non-hydrogen) atoms. The summed E-state index contributed by atoms with van der Waals surface area (Å²) in [5.74, 6) is -1.90. The lowest BCUT2D eigenvalue weighted by molar-refractivity contribution is -0.137. The molecular formula is C17H11Cl2F4N3O3. The van der Waals surface area contributed by atoms with Gasteiger partial charge in [0, 0.05) is 12.7 Å². The number of ether oxygens (including phenoxy) is 1. The van der Waals surface area contributed by atoms with E-state index < -0.39 is 53.2 Å². The summed E-state index contributed by atoms with van der Waals surface area (Å²) < 4.78 is 57.4. The molecule has 1 fully saturated rings. The third kappa shape index (κ3) is 4.23. The molecule has 1 aliphatic rings. The summed E-state index contributed by atoms with van der Waals surface area (Å²) in [7, 11) is 1.33. The highest BCUT2D eigenvalue weighted by Crippen LogP contribution is 2.34.